The number of ether oxygens (including phenoxy) is 1. The predicted octanol–water partition coefficient (Wildman–Crippen LogP) is 4.71. The molecule has 1 aliphatic rings. The van der Waals surface area contributed by atoms with Gasteiger partial charge in [0, 0.05) is 6.04 Å². The molecule has 0 heterocycles. The molecule has 1 aliphatic carbocycles. The van der Waals surface area contributed by atoms with Gasteiger partial charge in [-0.1, -0.05) is 31.5 Å². The highest BCUT2D eigenvalue weighted by Gasteiger charge is 2.28. The van der Waals surface area contributed by atoms with E-state index in [2.05, 4.69) is 13.8 Å². The number of hydrogen-bond donors (Lipinski definition) is 1. The van der Waals surface area contributed by atoms with Crippen molar-refractivity contribution < 1.29 is 4.74 Å². The van der Waals surface area contributed by atoms with Crippen LogP contribution in [0.15, 0.2) is 18.2 Å². The van der Waals surface area contributed by atoms with Crippen molar-refractivity contribution in [2.24, 2.45) is 11.1 Å². The van der Waals surface area contributed by atoms with Gasteiger partial charge < -0.3 is 10.5 Å². The Balaban J connectivity index is 2.00. The quantitative estimate of drug-likeness (QED) is 0.871. The van der Waals surface area contributed by atoms with Crippen molar-refractivity contribution in [2.75, 3.05) is 0 Å². The van der Waals surface area contributed by atoms with E-state index in [1.807, 2.05) is 25.1 Å². The molecule has 0 aliphatic heterocycles. The fourth-order valence-electron chi connectivity index (χ4n) is 2.57. The third-order valence-electron chi connectivity index (χ3n) is 4.06. The van der Waals surface area contributed by atoms with E-state index in [0.29, 0.717) is 16.5 Å². The van der Waals surface area contributed by atoms with Crippen LogP contribution in [0, 0.1) is 5.41 Å². The van der Waals surface area contributed by atoms with Crippen molar-refractivity contribution in [3.63, 3.8) is 0 Å². The van der Waals surface area contributed by atoms with Gasteiger partial charge in [-0.25, -0.2) is 0 Å². The summed E-state index contributed by atoms with van der Waals surface area (Å²) < 4.78 is 6.04. The molecule has 2 nitrogen and oxygen atoms in total. The van der Waals surface area contributed by atoms with Gasteiger partial charge in [0.25, 0.3) is 0 Å². The topological polar surface area (TPSA) is 35.2 Å². The molecule has 0 bridgehead atoms. The minimum atomic E-state index is 0.00188. The van der Waals surface area contributed by atoms with Crippen LogP contribution in [-0.2, 0) is 0 Å². The van der Waals surface area contributed by atoms with Crippen molar-refractivity contribution in [2.45, 2.75) is 58.6 Å². The first-order chi connectivity index (χ1) is 8.87. The summed E-state index contributed by atoms with van der Waals surface area (Å²) in [6.45, 7) is 6.61. The zero-order valence-electron chi connectivity index (χ0n) is 12.1. The summed E-state index contributed by atoms with van der Waals surface area (Å²) in [5.41, 5.74) is 7.35. The fraction of sp³-hybridized carbons (Fsp3) is 0.625. The Morgan fingerprint density at radius 3 is 2.47 bits per heavy atom. The molecule has 0 amide bonds. The smallest absolute Gasteiger partial charge is 0.138 e. The van der Waals surface area contributed by atoms with Gasteiger partial charge in [-0.05, 0) is 55.7 Å². The Hall–Kier alpha value is -0.730. The second-order valence-corrected chi connectivity index (χ2v) is 6.87. The van der Waals surface area contributed by atoms with Gasteiger partial charge in [-0.3, -0.25) is 0 Å². The lowest BCUT2D eigenvalue weighted by atomic mass is 9.76. The molecule has 1 unspecified atom stereocenters. The van der Waals surface area contributed by atoms with Crippen LogP contribution in [-0.4, -0.2) is 6.10 Å². The van der Waals surface area contributed by atoms with Crippen molar-refractivity contribution in [3.05, 3.63) is 28.8 Å². The van der Waals surface area contributed by atoms with E-state index < -0.39 is 0 Å². The number of nitrogens with two attached hydrogens (primary N) is 1. The van der Waals surface area contributed by atoms with Crippen molar-refractivity contribution in [1.29, 1.82) is 0 Å². The summed E-state index contributed by atoms with van der Waals surface area (Å²) in [6, 6.07) is 5.86. The molecule has 0 radical (unpaired) electrons. The Labute approximate surface area is 121 Å². The van der Waals surface area contributed by atoms with Gasteiger partial charge in [-0.2, -0.15) is 0 Å². The van der Waals surface area contributed by atoms with Crippen LogP contribution in [0.5, 0.6) is 5.75 Å². The average molecular weight is 282 g/mol. The molecule has 0 spiro atoms. The second kappa shape index (κ2) is 5.72. The monoisotopic (exact) mass is 281 g/mol. The number of hydrogen-bond acceptors (Lipinski definition) is 2. The Morgan fingerprint density at radius 2 is 1.95 bits per heavy atom. The van der Waals surface area contributed by atoms with Gasteiger partial charge in [0.15, 0.2) is 0 Å². The van der Waals surface area contributed by atoms with Gasteiger partial charge in [0.05, 0.1) is 11.1 Å². The number of rotatable bonds is 3. The minimum Gasteiger partial charge on any atom is -0.489 e. The maximum Gasteiger partial charge on any atom is 0.138 e. The molecular formula is C16H24ClNO. The average Bonchev–Trinajstić information content (AvgIpc) is 2.34. The lowest BCUT2D eigenvalue weighted by Gasteiger charge is -2.34. The maximum atomic E-state index is 6.27. The second-order valence-electron chi connectivity index (χ2n) is 6.46. The summed E-state index contributed by atoms with van der Waals surface area (Å²) >= 11 is 6.27. The molecule has 1 aromatic carbocycles. The summed E-state index contributed by atoms with van der Waals surface area (Å²) in [4.78, 5) is 0. The molecule has 1 atom stereocenters. The fourth-order valence-corrected chi connectivity index (χ4v) is 2.80. The molecule has 2 N–H and O–H groups in total. The zero-order valence-corrected chi connectivity index (χ0v) is 12.8. The third kappa shape index (κ3) is 3.87. The summed E-state index contributed by atoms with van der Waals surface area (Å²) in [5, 5.41) is 0.666. The molecular weight excluding hydrogens is 258 g/mol. The zero-order chi connectivity index (χ0) is 14.0. The first-order valence-corrected chi connectivity index (χ1v) is 7.47. The first-order valence-electron chi connectivity index (χ1n) is 7.09. The molecule has 0 saturated heterocycles. The largest absolute Gasteiger partial charge is 0.489 e. The third-order valence-corrected chi connectivity index (χ3v) is 4.36. The van der Waals surface area contributed by atoms with Crippen molar-refractivity contribution in [1.82, 2.24) is 0 Å². The molecule has 1 aromatic rings. The minimum absolute atomic E-state index is 0.00188. The van der Waals surface area contributed by atoms with Gasteiger partial charge in [-0.15, -0.1) is 0 Å². The van der Waals surface area contributed by atoms with Crippen LogP contribution < -0.4 is 10.5 Å². The Kier molecular flexibility index (Phi) is 4.42. The molecule has 19 heavy (non-hydrogen) atoms. The van der Waals surface area contributed by atoms with E-state index >= 15 is 0 Å². The highest BCUT2D eigenvalue weighted by atomic mass is 35.5. The highest BCUT2D eigenvalue weighted by Crippen LogP contribution is 2.37. The first kappa shape index (κ1) is 14.7. The van der Waals surface area contributed by atoms with Crippen LogP contribution >= 0.6 is 11.6 Å². The molecule has 0 aromatic heterocycles. The van der Waals surface area contributed by atoms with Crippen LogP contribution in [0.3, 0.4) is 0 Å². The van der Waals surface area contributed by atoms with E-state index in [4.69, 9.17) is 22.1 Å². The van der Waals surface area contributed by atoms with Crippen LogP contribution in [0.2, 0.25) is 5.02 Å². The summed E-state index contributed by atoms with van der Waals surface area (Å²) in [5.74, 6) is 0.788. The van der Waals surface area contributed by atoms with Gasteiger partial charge in [0.2, 0.25) is 0 Å². The standard InChI is InChI=1S/C16H24ClNO/c1-11(18)12-4-5-15(14(17)10-12)19-13-6-8-16(2,3)9-7-13/h4-5,10-11,13H,6-9,18H2,1-3H3. The van der Waals surface area contributed by atoms with E-state index in [1.165, 1.54) is 12.8 Å². The van der Waals surface area contributed by atoms with E-state index in [0.717, 1.165) is 24.2 Å². The van der Waals surface area contributed by atoms with Gasteiger partial charge in [0.1, 0.15) is 5.75 Å². The van der Waals surface area contributed by atoms with Crippen LogP contribution in [0.4, 0.5) is 0 Å². The molecule has 1 fully saturated rings. The highest BCUT2D eigenvalue weighted by molar-refractivity contribution is 6.32. The normalized spacial score (nSPS) is 21.1. The Morgan fingerprint density at radius 1 is 1.32 bits per heavy atom. The predicted molar refractivity (Wildman–Crippen MR) is 80.7 cm³/mol. The maximum absolute atomic E-state index is 6.27. The molecule has 106 valence electrons. The number of halogens is 1. The lowest BCUT2D eigenvalue weighted by Crippen LogP contribution is -2.28. The summed E-state index contributed by atoms with van der Waals surface area (Å²) in [6.07, 6.45) is 4.95. The van der Waals surface area contributed by atoms with Crippen LogP contribution in [0.25, 0.3) is 0 Å². The van der Waals surface area contributed by atoms with Crippen LogP contribution in [0.1, 0.15) is 58.1 Å². The molecule has 1 saturated carbocycles. The summed E-state index contributed by atoms with van der Waals surface area (Å²) in [7, 11) is 0. The van der Waals surface area contributed by atoms with Crippen molar-refractivity contribution in [3.8, 4) is 5.75 Å². The van der Waals surface area contributed by atoms with E-state index in [-0.39, 0.29) is 6.04 Å². The number of benzene rings is 1. The SMILES string of the molecule is CC(N)c1ccc(OC2CCC(C)(C)CC2)c(Cl)c1. The van der Waals surface area contributed by atoms with E-state index in [1.54, 1.807) is 0 Å². The van der Waals surface area contributed by atoms with Gasteiger partial charge >= 0.3 is 0 Å². The van der Waals surface area contributed by atoms with Crippen molar-refractivity contribution >= 4 is 11.6 Å². The van der Waals surface area contributed by atoms with E-state index in [9.17, 15) is 0 Å². The lowest BCUT2D eigenvalue weighted by molar-refractivity contribution is 0.0988. The molecule has 3 heteroatoms. The molecule has 2 rings (SSSR count). The Bertz CT molecular complexity index is 432.